The third kappa shape index (κ3) is 2.83. The van der Waals surface area contributed by atoms with E-state index in [1.807, 2.05) is 19.1 Å². The molecule has 1 unspecified atom stereocenters. The van der Waals surface area contributed by atoms with Crippen molar-refractivity contribution in [3.8, 4) is 0 Å². The van der Waals surface area contributed by atoms with Crippen LogP contribution in [0.5, 0.6) is 0 Å². The van der Waals surface area contributed by atoms with Crippen molar-refractivity contribution in [1.29, 1.82) is 0 Å². The third-order valence-corrected chi connectivity index (χ3v) is 4.53. The third-order valence-electron chi connectivity index (χ3n) is 3.59. The Balaban J connectivity index is 1.88. The number of para-hydroxylation sites is 3. The van der Waals surface area contributed by atoms with Crippen molar-refractivity contribution in [1.82, 2.24) is 0 Å². The van der Waals surface area contributed by atoms with E-state index in [2.05, 4.69) is 5.32 Å². The number of aryl methyl sites for hydroxylation is 1. The van der Waals surface area contributed by atoms with E-state index in [-0.39, 0.29) is 11.4 Å². The largest absolute Gasteiger partial charge is 0.359 e. The predicted molar refractivity (Wildman–Crippen MR) is 92.2 cm³/mol. The van der Waals surface area contributed by atoms with Gasteiger partial charge < -0.3 is 5.32 Å². The lowest BCUT2D eigenvalue weighted by atomic mass is 10.2. The van der Waals surface area contributed by atoms with Crippen molar-refractivity contribution >= 4 is 40.0 Å². The summed E-state index contributed by atoms with van der Waals surface area (Å²) in [7, 11) is 0. The van der Waals surface area contributed by atoms with E-state index in [1.54, 1.807) is 18.2 Å². The van der Waals surface area contributed by atoms with Crippen molar-refractivity contribution in [2.45, 2.75) is 12.3 Å². The zero-order chi connectivity index (χ0) is 17.3. The Morgan fingerprint density at radius 3 is 2.50 bits per heavy atom. The maximum absolute atomic E-state index is 12.6. The Bertz CT molecular complexity index is 840. The molecule has 3 rings (SSSR count). The van der Waals surface area contributed by atoms with Gasteiger partial charge in [-0.05, 0) is 36.4 Å². The van der Waals surface area contributed by atoms with Crippen LogP contribution in [0.15, 0.2) is 48.5 Å². The Labute approximate surface area is 141 Å². The number of anilines is 2. The highest BCUT2D eigenvalue weighted by atomic mass is 32.2. The second-order valence-corrected chi connectivity index (χ2v) is 6.20. The molecule has 1 fully saturated rings. The molecular weight excluding hydrogens is 330 g/mol. The van der Waals surface area contributed by atoms with Gasteiger partial charge in [0.15, 0.2) is 5.37 Å². The zero-order valence-electron chi connectivity index (χ0n) is 12.6. The normalized spacial score (nSPS) is 17.2. The first-order valence-electron chi connectivity index (χ1n) is 7.09. The molecule has 122 valence electrons. The fourth-order valence-electron chi connectivity index (χ4n) is 2.43. The number of thioether (sulfide) groups is 1. The molecule has 1 aliphatic heterocycles. The molecule has 1 heterocycles. The number of nitrogens with one attached hydrogen (secondary N) is 1. The van der Waals surface area contributed by atoms with E-state index in [9.17, 15) is 19.7 Å². The van der Waals surface area contributed by atoms with Gasteiger partial charge in [0, 0.05) is 6.07 Å². The van der Waals surface area contributed by atoms with Gasteiger partial charge in [-0.3, -0.25) is 19.7 Å². The molecule has 0 radical (unpaired) electrons. The van der Waals surface area contributed by atoms with E-state index in [4.69, 9.17) is 0 Å². The minimum absolute atomic E-state index is 0.146. The number of nitro benzene ring substituents is 1. The average Bonchev–Trinajstić information content (AvgIpc) is 2.82. The number of hydrogen-bond acceptors (Lipinski definition) is 6. The number of hydrogen-bond donors (Lipinski definition) is 1. The monoisotopic (exact) mass is 343 g/mol. The summed E-state index contributed by atoms with van der Waals surface area (Å²) in [4.78, 5) is 36.5. The second-order valence-electron chi connectivity index (χ2n) is 5.14. The number of carbonyl (C=O) groups is 2. The Kier molecular flexibility index (Phi) is 4.22. The zero-order valence-corrected chi connectivity index (χ0v) is 13.4. The lowest BCUT2D eigenvalue weighted by Gasteiger charge is -2.16. The van der Waals surface area contributed by atoms with Crippen LogP contribution < -0.4 is 10.2 Å². The van der Waals surface area contributed by atoms with Crippen LogP contribution in [0.2, 0.25) is 0 Å². The topological polar surface area (TPSA) is 92.6 Å². The summed E-state index contributed by atoms with van der Waals surface area (Å²) < 4.78 is 0. The molecule has 2 aromatic rings. The molecule has 0 aliphatic carbocycles. The fourth-order valence-corrected chi connectivity index (χ4v) is 3.32. The van der Waals surface area contributed by atoms with Gasteiger partial charge >= 0.3 is 0 Å². The molecule has 1 aliphatic rings. The lowest BCUT2D eigenvalue weighted by Crippen LogP contribution is -2.34. The van der Waals surface area contributed by atoms with Gasteiger partial charge in [0.05, 0.1) is 10.6 Å². The molecule has 2 aromatic carbocycles. The summed E-state index contributed by atoms with van der Waals surface area (Å²) in [6, 6.07) is 13.1. The molecule has 7 nitrogen and oxygen atoms in total. The first-order valence-corrected chi connectivity index (χ1v) is 7.97. The summed E-state index contributed by atoms with van der Waals surface area (Å²) in [5.74, 6) is -0.447. The van der Waals surface area contributed by atoms with E-state index < -0.39 is 21.4 Å². The van der Waals surface area contributed by atoms with Crippen molar-refractivity contribution in [2.24, 2.45) is 0 Å². The van der Waals surface area contributed by atoms with Crippen LogP contribution in [0.25, 0.3) is 0 Å². The summed E-state index contributed by atoms with van der Waals surface area (Å²) in [6.45, 7) is 1.81. The number of amides is 2. The smallest absolute Gasteiger partial charge is 0.295 e. The molecule has 0 spiro atoms. The molecule has 1 saturated heterocycles. The molecule has 24 heavy (non-hydrogen) atoms. The summed E-state index contributed by atoms with van der Waals surface area (Å²) >= 11 is 0.804. The lowest BCUT2D eigenvalue weighted by molar-refractivity contribution is -0.384. The Morgan fingerprint density at radius 1 is 1.12 bits per heavy atom. The summed E-state index contributed by atoms with van der Waals surface area (Å²) in [5.41, 5.74) is 1.37. The fraction of sp³-hybridized carbons (Fsp3) is 0.125. The summed E-state index contributed by atoms with van der Waals surface area (Å²) in [6.07, 6.45) is 0. The van der Waals surface area contributed by atoms with Gasteiger partial charge in [-0.25, -0.2) is 4.90 Å². The van der Waals surface area contributed by atoms with Gasteiger partial charge in [0.1, 0.15) is 5.69 Å². The highest BCUT2D eigenvalue weighted by Crippen LogP contribution is 2.35. The first-order chi connectivity index (χ1) is 11.5. The molecular formula is C16H13N3O4S. The predicted octanol–water partition coefficient (Wildman–Crippen LogP) is 3.54. The molecule has 0 saturated carbocycles. The molecule has 2 amide bonds. The highest BCUT2D eigenvalue weighted by Gasteiger charge is 2.41. The van der Waals surface area contributed by atoms with Crippen molar-refractivity contribution < 1.29 is 14.5 Å². The number of nitro groups is 1. The average molecular weight is 343 g/mol. The van der Waals surface area contributed by atoms with Crippen molar-refractivity contribution in [2.75, 3.05) is 10.2 Å². The quantitative estimate of drug-likeness (QED) is 0.674. The van der Waals surface area contributed by atoms with Crippen molar-refractivity contribution in [3.63, 3.8) is 0 Å². The van der Waals surface area contributed by atoms with Gasteiger partial charge in [0.2, 0.25) is 0 Å². The van der Waals surface area contributed by atoms with E-state index in [0.717, 1.165) is 22.2 Å². The number of rotatable bonds is 4. The Hall–Kier alpha value is -2.87. The number of imide groups is 1. The van der Waals surface area contributed by atoms with Gasteiger partial charge in [-0.2, -0.15) is 0 Å². The Morgan fingerprint density at radius 2 is 1.79 bits per heavy atom. The second kappa shape index (κ2) is 6.32. The van der Waals surface area contributed by atoms with Crippen LogP contribution in [0, 0.1) is 17.0 Å². The van der Waals surface area contributed by atoms with Crippen LogP contribution in [0.3, 0.4) is 0 Å². The number of nitrogens with zero attached hydrogens (tertiary/aromatic N) is 2. The van der Waals surface area contributed by atoms with Crippen LogP contribution in [-0.2, 0) is 4.79 Å². The maximum atomic E-state index is 12.6. The standard InChI is InChI=1S/C16H13N3O4S/c1-10-6-2-4-8-12(10)18-15(20)14(24-16(18)21)17-11-7-3-5-9-13(11)19(22)23/h2-9,14,17H,1H3. The minimum atomic E-state index is -0.904. The van der Waals surface area contributed by atoms with E-state index in [0.29, 0.717) is 5.69 Å². The number of carbonyl (C=O) groups excluding carboxylic acids is 2. The van der Waals surface area contributed by atoms with Gasteiger partial charge in [-0.15, -0.1) is 0 Å². The SMILES string of the molecule is Cc1ccccc1N1C(=O)SC(Nc2ccccc2[N+](=O)[O-])C1=O. The number of benzene rings is 2. The maximum Gasteiger partial charge on any atom is 0.295 e. The van der Waals surface area contributed by atoms with Crippen molar-refractivity contribution in [3.05, 3.63) is 64.2 Å². The first kappa shape index (κ1) is 16.0. The molecule has 1 N–H and O–H groups in total. The van der Waals surface area contributed by atoms with Crippen LogP contribution >= 0.6 is 11.8 Å². The van der Waals surface area contributed by atoms with Crippen LogP contribution in [0.1, 0.15) is 5.56 Å². The minimum Gasteiger partial charge on any atom is -0.359 e. The molecule has 0 bridgehead atoms. The molecule has 8 heteroatoms. The molecule has 0 aromatic heterocycles. The van der Waals surface area contributed by atoms with Gasteiger partial charge in [0.25, 0.3) is 16.8 Å². The summed E-state index contributed by atoms with van der Waals surface area (Å²) in [5, 5.41) is 12.6. The van der Waals surface area contributed by atoms with Crippen LogP contribution in [0.4, 0.5) is 21.9 Å². The van der Waals surface area contributed by atoms with E-state index in [1.165, 1.54) is 18.2 Å². The molecule has 1 atom stereocenters. The van der Waals surface area contributed by atoms with Gasteiger partial charge in [-0.1, -0.05) is 30.3 Å². The highest BCUT2D eigenvalue weighted by molar-refractivity contribution is 8.16. The van der Waals surface area contributed by atoms with Crippen LogP contribution in [-0.4, -0.2) is 21.4 Å². The van der Waals surface area contributed by atoms with E-state index >= 15 is 0 Å².